The summed E-state index contributed by atoms with van der Waals surface area (Å²) in [6, 6.07) is 24.1. The van der Waals surface area contributed by atoms with Crippen molar-refractivity contribution in [1.29, 1.82) is 0 Å². The van der Waals surface area contributed by atoms with E-state index in [-0.39, 0.29) is 5.97 Å². The second kappa shape index (κ2) is 9.85. The van der Waals surface area contributed by atoms with Gasteiger partial charge in [-0.1, -0.05) is 67.0 Å². The van der Waals surface area contributed by atoms with Gasteiger partial charge in [0, 0.05) is 36.0 Å². The fraction of sp³-hybridized carbons (Fsp3) is 0.194. The molecule has 0 unspecified atom stereocenters. The Balaban J connectivity index is 1.44. The Bertz CT molecular complexity index is 1280. The smallest absolute Gasteiger partial charge is 0.338 e. The molecule has 0 aliphatic carbocycles. The summed E-state index contributed by atoms with van der Waals surface area (Å²) < 4.78 is 5.45. The van der Waals surface area contributed by atoms with Gasteiger partial charge in [-0.05, 0) is 67.8 Å². The molecule has 4 rings (SSSR count). The van der Waals surface area contributed by atoms with Gasteiger partial charge in [0.05, 0.1) is 5.56 Å². The lowest BCUT2D eigenvalue weighted by atomic mass is 9.98. The van der Waals surface area contributed by atoms with Gasteiger partial charge in [0.25, 0.3) is 0 Å². The van der Waals surface area contributed by atoms with Crippen molar-refractivity contribution in [2.75, 3.05) is 0 Å². The van der Waals surface area contributed by atoms with E-state index in [1.54, 1.807) is 0 Å². The van der Waals surface area contributed by atoms with E-state index in [0.717, 1.165) is 34.4 Å². The van der Waals surface area contributed by atoms with E-state index >= 15 is 0 Å². The van der Waals surface area contributed by atoms with E-state index < -0.39 is 5.60 Å². The Morgan fingerprint density at radius 2 is 1.71 bits per heavy atom. The topological polar surface area (TPSA) is 29.5 Å². The van der Waals surface area contributed by atoms with Crippen LogP contribution < -0.4 is 0 Å². The van der Waals surface area contributed by atoms with Crippen molar-refractivity contribution < 1.29 is 9.53 Å². The van der Waals surface area contributed by atoms with E-state index in [9.17, 15) is 4.79 Å². The van der Waals surface area contributed by atoms with Crippen LogP contribution in [0.25, 0.3) is 11.8 Å². The van der Waals surface area contributed by atoms with Crippen molar-refractivity contribution in [2.24, 2.45) is 0 Å². The molecule has 0 saturated heterocycles. The van der Waals surface area contributed by atoms with E-state index in [2.05, 4.69) is 59.7 Å². The molecule has 1 heterocycles. The minimum Gasteiger partial charge on any atom is -0.456 e. The third-order valence-electron chi connectivity index (χ3n) is 5.45. The van der Waals surface area contributed by atoms with E-state index in [4.69, 9.17) is 4.74 Å². The second-order valence-electron chi connectivity index (χ2n) is 9.36. The maximum absolute atomic E-state index is 12.3. The molecule has 0 radical (unpaired) electrons. The largest absolute Gasteiger partial charge is 0.456 e. The lowest BCUT2D eigenvalue weighted by Crippen LogP contribution is -2.24. The SMILES string of the molecule is C=C1c2cc(C#CCc3ccccc3)ccc2C=CN1Cc1ccc(C(=O)OC(C)(C)C)cc1. The third kappa shape index (κ3) is 5.85. The predicted octanol–water partition coefficient (Wildman–Crippen LogP) is 6.69. The quantitative estimate of drug-likeness (QED) is 0.329. The second-order valence-corrected chi connectivity index (χ2v) is 9.36. The highest BCUT2D eigenvalue weighted by atomic mass is 16.6. The molecule has 3 aromatic rings. The summed E-state index contributed by atoms with van der Waals surface area (Å²) in [5.74, 6) is 6.24. The number of hydrogen-bond donors (Lipinski definition) is 0. The van der Waals surface area contributed by atoms with Crippen LogP contribution in [-0.4, -0.2) is 16.5 Å². The van der Waals surface area contributed by atoms with Gasteiger partial charge in [-0.15, -0.1) is 0 Å². The molecular formula is C31H29NO2. The molecule has 0 N–H and O–H groups in total. The van der Waals surface area contributed by atoms with Gasteiger partial charge in [0.1, 0.15) is 5.60 Å². The summed E-state index contributed by atoms with van der Waals surface area (Å²) in [5, 5.41) is 0. The van der Waals surface area contributed by atoms with Crippen LogP contribution in [0.4, 0.5) is 0 Å². The molecule has 3 aromatic carbocycles. The normalized spacial score (nSPS) is 12.6. The van der Waals surface area contributed by atoms with Crippen LogP contribution in [0.15, 0.2) is 85.6 Å². The van der Waals surface area contributed by atoms with Crippen LogP contribution in [0.2, 0.25) is 0 Å². The van der Waals surface area contributed by atoms with Gasteiger partial charge in [-0.3, -0.25) is 0 Å². The summed E-state index contributed by atoms with van der Waals surface area (Å²) in [6.07, 6.45) is 4.87. The van der Waals surface area contributed by atoms with Crippen LogP contribution in [0.3, 0.4) is 0 Å². The number of esters is 1. The zero-order valence-electron chi connectivity index (χ0n) is 20.0. The summed E-state index contributed by atoms with van der Waals surface area (Å²) in [5.41, 5.74) is 6.47. The molecule has 0 bridgehead atoms. The molecular weight excluding hydrogens is 418 g/mol. The average molecular weight is 448 g/mol. The Hall–Kier alpha value is -4.03. The Morgan fingerprint density at radius 3 is 2.41 bits per heavy atom. The summed E-state index contributed by atoms with van der Waals surface area (Å²) >= 11 is 0. The summed E-state index contributed by atoms with van der Waals surface area (Å²) in [7, 11) is 0. The van der Waals surface area contributed by atoms with Crippen molar-refractivity contribution in [3.8, 4) is 11.8 Å². The highest BCUT2D eigenvalue weighted by Gasteiger charge is 2.19. The first kappa shape index (κ1) is 23.1. The summed E-state index contributed by atoms with van der Waals surface area (Å²) in [6.45, 7) is 10.6. The Labute approximate surface area is 202 Å². The maximum atomic E-state index is 12.3. The maximum Gasteiger partial charge on any atom is 0.338 e. The molecule has 0 spiro atoms. The van der Waals surface area contributed by atoms with E-state index in [1.165, 1.54) is 5.56 Å². The predicted molar refractivity (Wildman–Crippen MR) is 139 cm³/mol. The first-order chi connectivity index (χ1) is 16.3. The fourth-order valence-corrected chi connectivity index (χ4v) is 3.72. The Morgan fingerprint density at radius 1 is 0.971 bits per heavy atom. The van der Waals surface area contributed by atoms with Gasteiger partial charge < -0.3 is 9.64 Å². The Kier molecular flexibility index (Phi) is 6.70. The van der Waals surface area contributed by atoms with Crippen molar-refractivity contribution in [1.82, 2.24) is 4.90 Å². The first-order valence-corrected chi connectivity index (χ1v) is 11.4. The van der Waals surface area contributed by atoms with E-state index in [0.29, 0.717) is 12.1 Å². The number of carbonyl (C=O) groups is 1. The number of carbonyl (C=O) groups excluding carboxylic acids is 1. The van der Waals surface area contributed by atoms with E-state index in [1.807, 2.05) is 69.4 Å². The molecule has 3 heteroatoms. The van der Waals surface area contributed by atoms with Crippen LogP contribution in [0, 0.1) is 11.8 Å². The number of benzene rings is 3. The molecule has 0 amide bonds. The molecule has 0 fully saturated rings. The summed E-state index contributed by atoms with van der Waals surface area (Å²) in [4.78, 5) is 14.4. The molecule has 0 aromatic heterocycles. The lowest BCUT2D eigenvalue weighted by Gasteiger charge is -2.28. The van der Waals surface area contributed by atoms with Gasteiger partial charge in [-0.2, -0.15) is 0 Å². The molecule has 1 aliphatic rings. The molecule has 1 aliphatic heterocycles. The standard InChI is InChI=1S/C31H29NO2/c1-23-29-21-25(12-8-11-24-9-6-5-7-10-24)13-16-27(29)19-20-32(23)22-26-14-17-28(18-15-26)30(33)34-31(2,3)4/h5-7,9-10,13-21H,1,11,22H2,2-4H3. The zero-order chi connectivity index (χ0) is 24.1. The molecule has 170 valence electrons. The number of nitrogens with zero attached hydrogens (tertiary/aromatic N) is 1. The number of hydrogen-bond acceptors (Lipinski definition) is 3. The average Bonchev–Trinajstić information content (AvgIpc) is 2.81. The lowest BCUT2D eigenvalue weighted by molar-refractivity contribution is 0.00695. The third-order valence-corrected chi connectivity index (χ3v) is 5.45. The number of fused-ring (bicyclic) bond motifs is 1. The molecule has 34 heavy (non-hydrogen) atoms. The van der Waals surface area contributed by atoms with Gasteiger partial charge in [0.2, 0.25) is 0 Å². The molecule has 0 saturated carbocycles. The number of rotatable bonds is 4. The van der Waals surface area contributed by atoms with Crippen LogP contribution in [0.1, 0.15) is 58.9 Å². The fourth-order valence-electron chi connectivity index (χ4n) is 3.72. The zero-order valence-corrected chi connectivity index (χ0v) is 20.0. The van der Waals surface area contributed by atoms with Crippen LogP contribution in [-0.2, 0) is 17.7 Å². The van der Waals surface area contributed by atoms with Gasteiger partial charge in [0.15, 0.2) is 0 Å². The van der Waals surface area contributed by atoms with Gasteiger partial charge >= 0.3 is 5.97 Å². The van der Waals surface area contributed by atoms with Crippen LogP contribution >= 0.6 is 0 Å². The van der Waals surface area contributed by atoms with Crippen LogP contribution in [0.5, 0.6) is 0 Å². The van der Waals surface area contributed by atoms with Crippen molar-refractivity contribution >= 4 is 17.7 Å². The van der Waals surface area contributed by atoms with Crippen molar-refractivity contribution in [3.63, 3.8) is 0 Å². The van der Waals surface area contributed by atoms with Crippen molar-refractivity contribution in [2.45, 2.75) is 39.3 Å². The van der Waals surface area contributed by atoms with Gasteiger partial charge in [-0.25, -0.2) is 4.79 Å². The van der Waals surface area contributed by atoms with Crippen molar-refractivity contribution in [3.05, 3.63) is 119 Å². The highest BCUT2D eigenvalue weighted by Crippen LogP contribution is 2.30. The highest BCUT2D eigenvalue weighted by molar-refractivity contribution is 5.89. The molecule has 0 atom stereocenters. The first-order valence-electron chi connectivity index (χ1n) is 11.4. The monoisotopic (exact) mass is 447 g/mol. The minimum atomic E-state index is -0.510. The minimum absolute atomic E-state index is 0.309. The molecule has 3 nitrogen and oxygen atoms in total. The number of ether oxygens (including phenoxy) is 1.